The molecular formula is C20H21FNO2S+. The van der Waals surface area contributed by atoms with Gasteiger partial charge in [0.1, 0.15) is 25.5 Å². The number of halogens is 1. The molecule has 0 spiro atoms. The van der Waals surface area contributed by atoms with Gasteiger partial charge in [-0.15, -0.1) is 11.3 Å². The van der Waals surface area contributed by atoms with E-state index < -0.39 is 0 Å². The summed E-state index contributed by atoms with van der Waals surface area (Å²) in [6.45, 7) is 2.17. The minimum Gasteiger partial charge on any atom is -0.493 e. The molecule has 0 aliphatic carbocycles. The van der Waals surface area contributed by atoms with Gasteiger partial charge in [-0.1, -0.05) is 18.2 Å². The summed E-state index contributed by atoms with van der Waals surface area (Å²) in [4.78, 5) is 1.18. The first-order chi connectivity index (χ1) is 12.2. The maximum absolute atomic E-state index is 12.9. The normalized spacial score (nSPS) is 10.6. The van der Waals surface area contributed by atoms with E-state index in [0.717, 1.165) is 35.7 Å². The molecule has 130 valence electrons. The minimum atomic E-state index is -0.202. The van der Waals surface area contributed by atoms with Gasteiger partial charge >= 0.3 is 0 Å². The molecule has 0 aliphatic heterocycles. The number of benzene rings is 2. The predicted molar refractivity (Wildman–Crippen MR) is 97.4 cm³/mol. The molecule has 0 fully saturated rings. The largest absolute Gasteiger partial charge is 0.493 e. The van der Waals surface area contributed by atoms with E-state index in [4.69, 9.17) is 9.47 Å². The summed E-state index contributed by atoms with van der Waals surface area (Å²) in [5, 5.41) is 4.21. The van der Waals surface area contributed by atoms with E-state index in [-0.39, 0.29) is 5.82 Å². The molecule has 1 aromatic heterocycles. The van der Waals surface area contributed by atoms with Crippen molar-refractivity contribution in [1.82, 2.24) is 0 Å². The lowest BCUT2D eigenvalue weighted by Gasteiger charge is -2.11. The van der Waals surface area contributed by atoms with Gasteiger partial charge in [-0.05, 0) is 41.8 Å². The summed E-state index contributed by atoms with van der Waals surface area (Å²) in [7, 11) is 1.65. The third-order valence-electron chi connectivity index (χ3n) is 3.85. The van der Waals surface area contributed by atoms with Gasteiger partial charge in [-0.2, -0.15) is 0 Å². The molecule has 3 aromatic rings. The monoisotopic (exact) mass is 358 g/mol. The molecule has 0 saturated carbocycles. The molecule has 0 radical (unpaired) electrons. The van der Waals surface area contributed by atoms with Gasteiger partial charge in [0.05, 0.1) is 7.11 Å². The average molecular weight is 358 g/mol. The average Bonchev–Trinajstić information content (AvgIpc) is 3.15. The quantitative estimate of drug-likeness (QED) is 0.666. The van der Waals surface area contributed by atoms with Crippen LogP contribution in [0.2, 0.25) is 0 Å². The summed E-state index contributed by atoms with van der Waals surface area (Å²) in [5.41, 5.74) is 2.26. The second kappa shape index (κ2) is 8.65. The van der Waals surface area contributed by atoms with Crippen LogP contribution in [0.25, 0.3) is 0 Å². The fraction of sp³-hybridized carbons (Fsp3) is 0.200. The van der Waals surface area contributed by atoms with Crippen LogP contribution in [-0.2, 0) is 19.7 Å². The fourth-order valence-electron chi connectivity index (χ4n) is 2.53. The summed E-state index contributed by atoms with van der Waals surface area (Å²) in [6, 6.07) is 16.7. The Balaban J connectivity index is 1.55. The highest BCUT2D eigenvalue weighted by Crippen LogP contribution is 2.29. The van der Waals surface area contributed by atoms with E-state index in [1.165, 1.54) is 17.0 Å². The molecule has 3 nitrogen and oxygen atoms in total. The van der Waals surface area contributed by atoms with Crippen LogP contribution in [0.4, 0.5) is 4.39 Å². The van der Waals surface area contributed by atoms with Crippen LogP contribution in [-0.4, -0.2) is 7.11 Å². The van der Waals surface area contributed by atoms with Crippen molar-refractivity contribution >= 4 is 11.3 Å². The first-order valence-corrected chi connectivity index (χ1v) is 9.01. The highest BCUT2D eigenvalue weighted by atomic mass is 32.1. The van der Waals surface area contributed by atoms with Gasteiger partial charge in [0, 0.05) is 16.0 Å². The third-order valence-corrected chi connectivity index (χ3v) is 4.70. The molecule has 0 bridgehead atoms. The van der Waals surface area contributed by atoms with E-state index in [1.807, 2.05) is 41.8 Å². The Bertz CT molecular complexity index is 788. The van der Waals surface area contributed by atoms with Crippen LogP contribution in [0, 0.1) is 5.82 Å². The number of rotatable bonds is 8. The number of hydrogen-bond donors (Lipinski definition) is 1. The second-order valence-electron chi connectivity index (χ2n) is 5.68. The van der Waals surface area contributed by atoms with Gasteiger partial charge in [-0.3, -0.25) is 0 Å². The summed E-state index contributed by atoms with van der Waals surface area (Å²) in [6.07, 6.45) is 0. The lowest BCUT2D eigenvalue weighted by molar-refractivity contribution is -0.686. The van der Waals surface area contributed by atoms with Crippen molar-refractivity contribution in [2.75, 3.05) is 7.11 Å². The van der Waals surface area contributed by atoms with E-state index >= 15 is 0 Å². The van der Waals surface area contributed by atoms with Crippen LogP contribution in [0.15, 0.2) is 60.0 Å². The maximum atomic E-state index is 12.9. The van der Waals surface area contributed by atoms with Crippen molar-refractivity contribution < 1.29 is 19.2 Å². The lowest BCUT2D eigenvalue weighted by atomic mass is 10.2. The second-order valence-corrected chi connectivity index (χ2v) is 6.71. The summed E-state index contributed by atoms with van der Waals surface area (Å²) >= 11 is 1.67. The molecule has 0 unspecified atom stereocenters. The van der Waals surface area contributed by atoms with Gasteiger partial charge in [0.15, 0.2) is 11.5 Å². The Kier molecular flexibility index (Phi) is 6.04. The van der Waals surface area contributed by atoms with Crippen LogP contribution in [0.5, 0.6) is 11.5 Å². The highest BCUT2D eigenvalue weighted by molar-refractivity contribution is 7.09. The molecule has 25 heavy (non-hydrogen) atoms. The summed E-state index contributed by atoms with van der Waals surface area (Å²) in [5.74, 6) is 1.29. The van der Waals surface area contributed by atoms with Crippen molar-refractivity contribution in [1.29, 1.82) is 0 Å². The smallest absolute Gasteiger partial charge is 0.161 e. The fourth-order valence-corrected chi connectivity index (χ4v) is 3.14. The summed E-state index contributed by atoms with van der Waals surface area (Å²) < 4.78 is 24.2. The molecule has 1 heterocycles. The zero-order chi connectivity index (χ0) is 17.5. The van der Waals surface area contributed by atoms with E-state index in [0.29, 0.717) is 6.61 Å². The van der Waals surface area contributed by atoms with Crippen molar-refractivity contribution in [3.63, 3.8) is 0 Å². The van der Waals surface area contributed by atoms with Crippen LogP contribution < -0.4 is 14.8 Å². The molecule has 3 rings (SSSR count). The number of thiophene rings is 1. The van der Waals surface area contributed by atoms with Crippen LogP contribution in [0.3, 0.4) is 0 Å². The van der Waals surface area contributed by atoms with Crippen molar-refractivity contribution in [3.8, 4) is 11.5 Å². The third kappa shape index (κ3) is 5.05. The van der Waals surface area contributed by atoms with Crippen LogP contribution >= 0.6 is 11.3 Å². The van der Waals surface area contributed by atoms with Crippen molar-refractivity contribution in [3.05, 3.63) is 81.8 Å². The SMILES string of the molecule is COc1cc(C[NH2+]Cc2ccc(F)cc2)ccc1OCc1cccs1. The standard InChI is InChI=1S/C20H20FNO2S/c1-23-20-11-16(13-22-12-15-4-7-17(21)8-5-15)6-9-19(20)24-14-18-3-2-10-25-18/h2-11,22H,12-14H2,1H3/p+1. The Morgan fingerprint density at radius 2 is 1.72 bits per heavy atom. The lowest BCUT2D eigenvalue weighted by Crippen LogP contribution is -2.80. The molecular weight excluding hydrogens is 337 g/mol. The first-order valence-electron chi connectivity index (χ1n) is 8.13. The van der Waals surface area contributed by atoms with E-state index in [1.54, 1.807) is 18.4 Å². The van der Waals surface area contributed by atoms with Gasteiger partial charge in [0.25, 0.3) is 0 Å². The molecule has 2 aromatic carbocycles. The van der Waals surface area contributed by atoms with Crippen molar-refractivity contribution in [2.24, 2.45) is 0 Å². The molecule has 2 N–H and O–H groups in total. The molecule has 0 saturated heterocycles. The Labute approximate surface area is 151 Å². The van der Waals surface area contributed by atoms with Crippen LogP contribution in [0.1, 0.15) is 16.0 Å². The Morgan fingerprint density at radius 1 is 0.960 bits per heavy atom. The molecule has 0 atom stereocenters. The number of quaternary nitrogens is 1. The topological polar surface area (TPSA) is 35.1 Å². The van der Waals surface area contributed by atoms with Gasteiger partial charge in [0.2, 0.25) is 0 Å². The highest BCUT2D eigenvalue weighted by Gasteiger charge is 2.08. The molecule has 5 heteroatoms. The van der Waals surface area contributed by atoms with Gasteiger partial charge in [-0.25, -0.2) is 4.39 Å². The zero-order valence-corrected chi connectivity index (χ0v) is 14.9. The Morgan fingerprint density at radius 3 is 2.44 bits per heavy atom. The Hall–Kier alpha value is -2.37. The minimum absolute atomic E-state index is 0.202. The van der Waals surface area contributed by atoms with Gasteiger partial charge < -0.3 is 14.8 Å². The zero-order valence-electron chi connectivity index (χ0n) is 14.1. The number of ether oxygens (including phenoxy) is 2. The van der Waals surface area contributed by atoms with E-state index in [2.05, 4.69) is 11.4 Å². The van der Waals surface area contributed by atoms with E-state index in [9.17, 15) is 4.39 Å². The predicted octanol–water partition coefficient (Wildman–Crippen LogP) is 3.74. The number of nitrogens with two attached hydrogens (primary N) is 1. The first kappa shape index (κ1) is 17.5. The number of hydrogen-bond acceptors (Lipinski definition) is 3. The van der Waals surface area contributed by atoms with Crippen molar-refractivity contribution in [2.45, 2.75) is 19.7 Å². The molecule has 0 aliphatic rings. The maximum Gasteiger partial charge on any atom is 0.161 e. The number of methoxy groups -OCH3 is 1. The molecule has 0 amide bonds.